The van der Waals surface area contributed by atoms with Crippen LogP contribution in [0.3, 0.4) is 0 Å². The minimum Gasteiger partial charge on any atom is -0.393 e. The molecule has 3 heteroatoms. The average Bonchev–Trinajstić information content (AvgIpc) is 2.37. The molecule has 2 fully saturated rings. The van der Waals surface area contributed by atoms with E-state index in [1.807, 2.05) is 4.90 Å². The first-order chi connectivity index (χ1) is 5.68. The Morgan fingerprint density at radius 2 is 2.25 bits per heavy atom. The standard InChI is InChI=1S/C9H15NO2/c1-6(11)10-5-7-4-8(10)2-3-9(7)12/h7-9,12H,2-5H2,1H3/t7-,8-,9-/m0/s1. The SMILES string of the molecule is CC(=O)N1C[C@@H]2C[C@@H]1CC[C@@H]2O. The van der Waals surface area contributed by atoms with Crippen LogP contribution in [0.4, 0.5) is 0 Å². The Balaban J connectivity index is 2.10. The van der Waals surface area contributed by atoms with Gasteiger partial charge in [0.15, 0.2) is 0 Å². The zero-order valence-corrected chi connectivity index (χ0v) is 7.36. The summed E-state index contributed by atoms with van der Waals surface area (Å²) in [5.74, 6) is 0.518. The lowest BCUT2D eigenvalue weighted by Crippen LogP contribution is -2.33. The first-order valence-electron chi connectivity index (χ1n) is 4.63. The van der Waals surface area contributed by atoms with Gasteiger partial charge in [-0.1, -0.05) is 0 Å². The van der Waals surface area contributed by atoms with Crippen LogP contribution in [0.1, 0.15) is 26.2 Å². The molecule has 2 bridgehead atoms. The molecule has 1 aliphatic heterocycles. The summed E-state index contributed by atoms with van der Waals surface area (Å²) in [7, 11) is 0. The summed E-state index contributed by atoms with van der Waals surface area (Å²) < 4.78 is 0. The summed E-state index contributed by atoms with van der Waals surface area (Å²) in [5, 5.41) is 9.56. The Hall–Kier alpha value is -0.570. The topological polar surface area (TPSA) is 40.5 Å². The van der Waals surface area contributed by atoms with Gasteiger partial charge in [-0.2, -0.15) is 0 Å². The van der Waals surface area contributed by atoms with Crippen molar-refractivity contribution in [1.29, 1.82) is 0 Å². The predicted molar refractivity (Wildman–Crippen MR) is 44.5 cm³/mol. The number of fused-ring (bicyclic) bond motifs is 2. The van der Waals surface area contributed by atoms with Gasteiger partial charge in [-0.25, -0.2) is 0 Å². The molecule has 0 unspecified atom stereocenters. The number of aliphatic hydroxyl groups is 1. The monoisotopic (exact) mass is 169 g/mol. The molecule has 0 spiro atoms. The molecule has 1 heterocycles. The van der Waals surface area contributed by atoms with Gasteiger partial charge in [0, 0.05) is 25.4 Å². The van der Waals surface area contributed by atoms with Gasteiger partial charge in [0.25, 0.3) is 0 Å². The molecule has 1 N–H and O–H groups in total. The summed E-state index contributed by atoms with van der Waals surface area (Å²) in [6, 6.07) is 0.427. The Labute approximate surface area is 72.4 Å². The van der Waals surface area contributed by atoms with Crippen LogP contribution in [0.5, 0.6) is 0 Å². The molecular formula is C9H15NO2. The summed E-state index contributed by atoms with van der Waals surface area (Å²) in [5.41, 5.74) is 0. The minimum absolute atomic E-state index is 0.161. The quantitative estimate of drug-likeness (QED) is 0.569. The van der Waals surface area contributed by atoms with Crippen molar-refractivity contribution < 1.29 is 9.90 Å². The normalized spacial score (nSPS) is 40.2. The third-order valence-corrected chi connectivity index (χ3v) is 3.19. The van der Waals surface area contributed by atoms with Gasteiger partial charge in [-0.05, 0) is 19.3 Å². The van der Waals surface area contributed by atoms with Crippen molar-refractivity contribution in [2.45, 2.75) is 38.3 Å². The molecule has 12 heavy (non-hydrogen) atoms. The van der Waals surface area contributed by atoms with E-state index < -0.39 is 0 Å². The molecule has 0 radical (unpaired) electrons. The molecule has 0 aromatic heterocycles. The highest BCUT2D eigenvalue weighted by Crippen LogP contribution is 2.35. The molecule has 68 valence electrons. The molecule has 1 saturated heterocycles. The molecular weight excluding hydrogens is 154 g/mol. The van der Waals surface area contributed by atoms with Gasteiger partial charge < -0.3 is 10.0 Å². The number of rotatable bonds is 0. The molecule has 3 atom stereocenters. The maximum Gasteiger partial charge on any atom is 0.219 e. The highest BCUT2D eigenvalue weighted by molar-refractivity contribution is 5.74. The second kappa shape index (κ2) is 2.73. The third kappa shape index (κ3) is 1.12. The van der Waals surface area contributed by atoms with E-state index in [9.17, 15) is 9.90 Å². The summed E-state index contributed by atoms with van der Waals surface area (Å²) >= 11 is 0. The first-order valence-corrected chi connectivity index (χ1v) is 4.63. The van der Waals surface area contributed by atoms with Gasteiger partial charge in [-0.3, -0.25) is 4.79 Å². The van der Waals surface area contributed by atoms with Gasteiger partial charge >= 0.3 is 0 Å². The summed E-state index contributed by atoms with van der Waals surface area (Å²) in [4.78, 5) is 13.1. The lowest BCUT2D eigenvalue weighted by atomic mass is 9.88. The molecule has 1 amide bonds. The van der Waals surface area contributed by atoms with E-state index >= 15 is 0 Å². The number of carbonyl (C=O) groups is 1. The number of amides is 1. The number of aliphatic hydroxyl groups excluding tert-OH is 1. The van der Waals surface area contributed by atoms with E-state index in [1.54, 1.807) is 6.92 Å². The Bertz CT molecular complexity index is 205. The molecule has 3 nitrogen and oxygen atoms in total. The number of hydrogen-bond acceptors (Lipinski definition) is 2. The molecule has 2 aliphatic rings. The van der Waals surface area contributed by atoms with Crippen molar-refractivity contribution in [3.63, 3.8) is 0 Å². The molecule has 0 aromatic rings. The van der Waals surface area contributed by atoms with Gasteiger partial charge in [0.1, 0.15) is 0 Å². The van der Waals surface area contributed by atoms with Crippen LogP contribution in [0.2, 0.25) is 0 Å². The highest BCUT2D eigenvalue weighted by Gasteiger charge is 2.40. The zero-order chi connectivity index (χ0) is 8.72. The van der Waals surface area contributed by atoms with Crippen LogP contribution < -0.4 is 0 Å². The van der Waals surface area contributed by atoms with Crippen LogP contribution in [0.25, 0.3) is 0 Å². The maximum atomic E-state index is 11.1. The second-order valence-corrected chi connectivity index (χ2v) is 3.97. The average molecular weight is 169 g/mol. The lowest BCUT2D eigenvalue weighted by molar-refractivity contribution is -0.129. The van der Waals surface area contributed by atoms with Crippen molar-refractivity contribution >= 4 is 5.91 Å². The van der Waals surface area contributed by atoms with E-state index in [1.165, 1.54) is 0 Å². The Morgan fingerprint density at radius 1 is 1.50 bits per heavy atom. The third-order valence-electron chi connectivity index (χ3n) is 3.19. The van der Waals surface area contributed by atoms with Crippen molar-refractivity contribution in [2.75, 3.05) is 6.54 Å². The van der Waals surface area contributed by atoms with Crippen LogP contribution in [0.15, 0.2) is 0 Å². The Morgan fingerprint density at radius 3 is 2.83 bits per heavy atom. The molecule has 0 aromatic carbocycles. The lowest BCUT2D eigenvalue weighted by Gasteiger charge is -2.24. The van der Waals surface area contributed by atoms with Gasteiger partial charge in [0.2, 0.25) is 5.91 Å². The van der Waals surface area contributed by atoms with Crippen LogP contribution >= 0.6 is 0 Å². The van der Waals surface area contributed by atoms with E-state index in [-0.39, 0.29) is 12.0 Å². The van der Waals surface area contributed by atoms with E-state index in [0.29, 0.717) is 12.0 Å². The van der Waals surface area contributed by atoms with Crippen molar-refractivity contribution in [2.24, 2.45) is 5.92 Å². The van der Waals surface area contributed by atoms with Gasteiger partial charge in [-0.15, -0.1) is 0 Å². The zero-order valence-electron chi connectivity index (χ0n) is 7.36. The molecule has 1 aliphatic carbocycles. The smallest absolute Gasteiger partial charge is 0.219 e. The fourth-order valence-electron chi connectivity index (χ4n) is 2.49. The predicted octanol–water partition coefficient (Wildman–Crippen LogP) is 0.378. The van der Waals surface area contributed by atoms with E-state index in [4.69, 9.17) is 0 Å². The fourth-order valence-corrected chi connectivity index (χ4v) is 2.49. The first kappa shape index (κ1) is 8.05. The number of nitrogens with zero attached hydrogens (tertiary/aromatic N) is 1. The Kier molecular flexibility index (Phi) is 1.83. The second-order valence-electron chi connectivity index (χ2n) is 3.97. The van der Waals surface area contributed by atoms with E-state index in [0.717, 1.165) is 25.8 Å². The van der Waals surface area contributed by atoms with Crippen LogP contribution in [-0.2, 0) is 4.79 Å². The molecule has 2 rings (SSSR count). The number of hydrogen-bond donors (Lipinski definition) is 1. The maximum absolute atomic E-state index is 11.1. The summed E-state index contributed by atoms with van der Waals surface area (Å²) in [6.45, 7) is 2.40. The number of carbonyl (C=O) groups excluding carboxylic acids is 1. The number of likely N-dealkylation sites (tertiary alicyclic amines) is 1. The van der Waals surface area contributed by atoms with Crippen molar-refractivity contribution in [3.8, 4) is 0 Å². The summed E-state index contributed by atoms with van der Waals surface area (Å²) in [6.07, 6.45) is 2.71. The fraction of sp³-hybridized carbons (Fsp3) is 0.889. The van der Waals surface area contributed by atoms with Crippen LogP contribution in [-0.4, -0.2) is 34.6 Å². The van der Waals surface area contributed by atoms with Crippen molar-refractivity contribution in [3.05, 3.63) is 0 Å². The van der Waals surface area contributed by atoms with Crippen LogP contribution in [0, 0.1) is 5.92 Å². The molecule has 1 saturated carbocycles. The highest BCUT2D eigenvalue weighted by atomic mass is 16.3. The van der Waals surface area contributed by atoms with Crippen molar-refractivity contribution in [1.82, 2.24) is 4.90 Å². The van der Waals surface area contributed by atoms with E-state index in [2.05, 4.69) is 0 Å². The van der Waals surface area contributed by atoms with Gasteiger partial charge in [0.05, 0.1) is 6.10 Å². The largest absolute Gasteiger partial charge is 0.393 e. The minimum atomic E-state index is -0.161.